The van der Waals surface area contributed by atoms with Crippen LogP contribution in [0.5, 0.6) is 0 Å². The second-order valence-corrected chi connectivity index (χ2v) is 6.73. The van der Waals surface area contributed by atoms with E-state index in [1.807, 2.05) is 0 Å². The first kappa shape index (κ1) is 17.4. The van der Waals surface area contributed by atoms with Crippen molar-refractivity contribution >= 4 is 5.91 Å². The highest BCUT2D eigenvalue weighted by Gasteiger charge is 2.33. The van der Waals surface area contributed by atoms with Gasteiger partial charge in [-0.05, 0) is 52.2 Å². The van der Waals surface area contributed by atoms with Crippen molar-refractivity contribution in [1.82, 2.24) is 15.1 Å². The maximum Gasteiger partial charge on any atom is 0.239 e. The maximum atomic E-state index is 12.7. The SMILES string of the molecule is CCCNC1CCCN(C(CC(C)C)CN(C)C)C1=O. The number of likely N-dealkylation sites (tertiary alicyclic amines) is 1. The smallest absolute Gasteiger partial charge is 0.239 e. The summed E-state index contributed by atoms with van der Waals surface area (Å²) in [5.74, 6) is 0.939. The molecule has 0 aromatic carbocycles. The van der Waals surface area contributed by atoms with Gasteiger partial charge in [0, 0.05) is 19.1 Å². The minimum absolute atomic E-state index is 0.0422. The molecule has 0 spiro atoms. The number of nitrogens with one attached hydrogen (secondary N) is 1. The van der Waals surface area contributed by atoms with E-state index in [9.17, 15) is 4.79 Å². The van der Waals surface area contributed by atoms with Crippen molar-refractivity contribution in [3.8, 4) is 0 Å². The van der Waals surface area contributed by atoms with Gasteiger partial charge in [0.05, 0.1) is 6.04 Å². The molecule has 1 heterocycles. The molecule has 2 atom stereocenters. The topological polar surface area (TPSA) is 35.6 Å². The van der Waals surface area contributed by atoms with Crippen LogP contribution in [-0.2, 0) is 4.79 Å². The average Bonchev–Trinajstić information content (AvgIpc) is 2.35. The molecule has 20 heavy (non-hydrogen) atoms. The van der Waals surface area contributed by atoms with Crippen LogP contribution in [-0.4, -0.2) is 61.5 Å². The third kappa shape index (κ3) is 5.41. The molecule has 0 aromatic heterocycles. The fourth-order valence-corrected chi connectivity index (χ4v) is 3.04. The highest BCUT2D eigenvalue weighted by atomic mass is 16.2. The lowest BCUT2D eigenvalue weighted by atomic mass is 9.97. The molecule has 0 bridgehead atoms. The number of hydrogen-bond donors (Lipinski definition) is 1. The summed E-state index contributed by atoms with van der Waals surface area (Å²) in [6, 6.07) is 0.393. The van der Waals surface area contributed by atoms with E-state index in [-0.39, 0.29) is 6.04 Å². The van der Waals surface area contributed by atoms with Gasteiger partial charge in [-0.2, -0.15) is 0 Å². The summed E-state index contributed by atoms with van der Waals surface area (Å²) in [5.41, 5.74) is 0. The van der Waals surface area contributed by atoms with Crippen molar-refractivity contribution in [3.63, 3.8) is 0 Å². The number of hydrogen-bond acceptors (Lipinski definition) is 3. The van der Waals surface area contributed by atoms with Crippen LogP contribution in [0.25, 0.3) is 0 Å². The van der Waals surface area contributed by atoms with E-state index >= 15 is 0 Å². The molecular weight excluding hydrogens is 250 g/mol. The Kier molecular flexibility index (Phi) is 7.52. The molecule has 1 N–H and O–H groups in total. The number of amides is 1. The van der Waals surface area contributed by atoms with Gasteiger partial charge in [-0.15, -0.1) is 0 Å². The zero-order valence-electron chi connectivity index (χ0n) is 14.0. The van der Waals surface area contributed by atoms with E-state index in [0.717, 1.165) is 45.3 Å². The van der Waals surface area contributed by atoms with Crippen LogP contribution in [0.1, 0.15) is 46.5 Å². The molecule has 0 radical (unpaired) electrons. The molecule has 1 aliphatic heterocycles. The number of carbonyl (C=O) groups excluding carboxylic acids is 1. The van der Waals surface area contributed by atoms with Crippen LogP contribution in [0.3, 0.4) is 0 Å². The Morgan fingerprint density at radius 1 is 1.40 bits per heavy atom. The van der Waals surface area contributed by atoms with Crippen molar-refractivity contribution in [2.24, 2.45) is 5.92 Å². The fraction of sp³-hybridized carbons (Fsp3) is 0.938. The summed E-state index contributed by atoms with van der Waals surface area (Å²) in [4.78, 5) is 17.0. The van der Waals surface area contributed by atoms with E-state index in [1.54, 1.807) is 0 Å². The lowest BCUT2D eigenvalue weighted by molar-refractivity contribution is -0.139. The Bertz CT molecular complexity index is 281. The maximum absolute atomic E-state index is 12.7. The monoisotopic (exact) mass is 283 g/mol. The molecule has 0 aromatic rings. The van der Waals surface area contributed by atoms with Gasteiger partial charge in [0.15, 0.2) is 0 Å². The minimum Gasteiger partial charge on any atom is -0.337 e. The molecule has 4 heteroatoms. The predicted molar refractivity (Wildman–Crippen MR) is 84.8 cm³/mol. The lowest BCUT2D eigenvalue weighted by Crippen LogP contribution is -2.56. The molecule has 0 aliphatic carbocycles. The second kappa shape index (κ2) is 8.63. The molecule has 1 rings (SSSR count). The first-order valence-corrected chi connectivity index (χ1v) is 8.14. The molecule has 4 nitrogen and oxygen atoms in total. The van der Waals surface area contributed by atoms with Gasteiger partial charge in [0.25, 0.3) is 0 Å². The van der Waals surface area contributed by atoms with Crippen LogP contribution in [0.2, 0.25) is 0 Å². The molecule has 2 unspecified atom stereocenters. The lowest BCUT2D eigenvalue weighted by Gasteiger charge is -2.40. The average molecular weight is 283 g/mol. The van der Waals surface area contributed by atoms with Crippen molar-refractivity contribution in [2.45, 2.75) is 58.5 Å². The van der Waals surface area contributed by atoms with Gasteiger partial charge in [-0.1, -0.05) is 20.8 Å². The molecule has 1 aliphatic rings. The van der Waals surface area contributed by atoms with E-state index in [2.05, 4.69) is 50.0 Å². The van der Waals surface area contributed by atoms with Gasteiger partial charge in [-0.25, -0.2) is 0 Å². The first-order chi connectivity index (χ1) is 9.45. The third-order valence-electron chi connectivity index (χ3n) is 3.87. The molecule has 118 valence electrons. The van der Waals surface area contributed by atoms with Crippen molar-refractivity contribution < 1.29 is 4.79 Å². The van der Waals surface area contributed by atoms with Crippen LogP contribution >= 0.6 is 0 Å². The van der Waals surface area contributed by atoms with Crippen LogP contribution in [0, 0.1) is 5.92 Å². The molecule has 0 saturated carbocycles. The Hall–Kier alpha value is -0.610. The number of nitrogens with zero attached hydrogens (tertiary/aromatic N) is 2. The highest BCUT2D eigenvalue weighted by molar-refractivity contribution is 5.83. The van der Waals surface area contributed by atoms with E-state index in [1.165, 1.54) is 0 Å². The van der Waals surface area contributed by atoms with Crippen molar-refractivity contribution in [1.29, 1.82) is 0 Å². The minimum atomic E-state index is 0.0422. The van der Waals surface area contributed by atoms with Gasteiger partial charge < -0.3 is 15.1 Å². The van der Waals surface area contributed by atoms with E-state index < -0.39 is 0 Å². The quantitative estimate of drug-likeness (QED) is 0.739. The Morgan fingerprint density at radius 2 is 2.10 bits per heavy atom. The summed E-state index contributed by atoms with van der Waals surface area (Å²) < 4.78 is 0. The summed E-state index contributed by atoms with van der Waals surface area (Å²) in [6.07, 6.45) is 4.28. The van der Waals surface area contributed by atoms with Gasteiger partial charge >= 0.3 is 0 Å². The zero-order valence-corrected chi connectivity index (χ0v) is 14.0. The summed E-state index contributed by atoms with van der Waals surface area (Å²) in [6.45, 7) is 9.45. The van der Waals surface area contributed by atoms with Crippen LogP contribution in [0.4, 0.5) is 0 Å². The molecule has 1 saturated heterocycles. The zero-order chi connectivity index (χ0) is 15.1. The summed E-state index contributed by atoms with van der Waals surface area (Å²) >= 11 is 0. The number of piperidine rings is 1. The van der Waals surface area contributed by atoms with E-state index in [0.29, 0.717) is 17.9 Å². The number of likely N-dealkylation sites (N-methyl/N-ethyl adjacent to an activating group) is 1. The Morgan fingerprint density at radius 3 is 2.65 bits per heavy atom. The summed E-state index contributed by atoms with van der Waals surface area (Å²) in [7, 11) is 4.18. The Labute approximate surface area is 124 Å². The Balaban J connectivity index is 2.69. The van der Waals surface area contributed by atoms with Gasteiger partial charge in [0.1, 0.15) is 0 Å². The van der Waals surface area contributed by atoms with Gasteiger partial charge in [-0.3, -0.25) is 4.79 Å². The standard InChI is InChI=1S/C16H33N3O/c1-6-9-17-15-8-7-10-19(16(15)20)14(11-13(2)3)12-18(4)5/h13-15,17H,6-12H2,1-5H3. The first-order valence-electron chi connectivity index (χ1n) is 8.14. The van der Waals surface area contributed by atoms with Crippen molar-refractivity contribution in [3.05, 3.63) is 0 Å². The molecular formula is C16H33N3O. The number of carbonyl (C=O) groups is 1. The molecule has 1 amide bonds. The van der Waals surface area contributed by atoms with Crippen LogP contribution in [0.15, 0.2) is 0 Å². The largest absolute Gasteiger partial charge is 0.337 e. The predicted octanol–water partition coefficient (Wildman–Crippen LogP) is 1.95. The van der Waals surface area contributed by atoms with Gasteiger partial charge in [0.2, 0.25) is 5.91 Å². The van der Waals surface area contributed by atoms with Crippen molar-refractivity contribution in [2.75, 3.05) is 33.7 Å². The summed E-state index contributed by atoms with van der Waals surface area (Å²) in [5, 5.41) is 3.41. The normalized spacial score (nSPS) is 21.9. The third-order valence-corrected chi connectivity index (χ3v) is 3.87. The second-order valence-electron chi connectivity index (χ2n) is 6.73. The fourth-order valence-electron chi connectivity index (χ4n) is 3.04. The van der Waals surface area contributed by atoms with E-state index in [4.69, 9.17) is 0 Å². The number of rotatable bonds is 8. The van der Waals surface area contributed by atoms with Crippen LogP contribution < -0.4 is 5.32 Å². The molecule has 1 fully saturated rings. The highest BCUT2D eigenvalue weighted by Crippen LogP contribution is 2.20.